The number of hydrogen-bond donors (Lipinski definition) is 3. The van der Waals surface area contributed by atoms with Crippen LogP contribution in [0, 0.1) is 0 Å². The smallest absolute Gasteiger partial charge is 0.355 e. The molecule has 0 aromatic carbocycles. The zero-order chi connectivity index (χ0) is 8.85. The van der Waals surface area contributed by atoms with Crippen molar-refractivity contribution < 1.29 is 18.3 Å². The highest BCUT2D eigenvalue weighted by Gasteiger charge is 2.12. The summed E-state index contributed by atoms with van der Waals surface area (Å²) < 4.78 is 27.2. The third kappa shape index (κ3) is 4.45. The van der Waals surface area contributed by atoms with Crippen molar-refractivity contribution in [1.29, 1.82) is 0 Å². The number of esters is 1. The lowest BCUT2D eigenvalue weighted by molar-refractivity contribution is -0.137. The first-order valence-electron chi connectivity index (χ1n) is 2.66. The van der Waals surface area contributed by atoms with Crippen molar-refractivity contribution in [1.82, 2.24) is 11.5 Å². The van der Waals surface area contributed by atoms with Crippen molar-refractivity contribution in [3.63, 3.8) is 0 Å². The fraction of sp³-hybridized carbons (Fsp3) is 0.400. The predicted molar refractivity (Wildman–Crippen MR) is 38.4 cm³/mol. The molecule has 0 spiro atoms. The summed E-state index contributed by atoms with van der Waals surface area (Å²) in [7, 11) is 1.07. The molecule has 0 heterocycles. The lowest BCUT2D eigenvalue weighted by atomic mass is 10.5. The van der Waals surface area contributed by atoms with Crippen LogP contribution in [0.4, 0.5) is 8.78 Å². The Morgan fingerprint density at radius 3 is 2.42 bits per heavy atom. The van der Waals surface area contributed by atoms with Crippen molar-refractivity contribution in [2.45, 2.75) is 6.55 Å². The molecular formula is C5H11F2N3O2. The van der Waals surface area contributed by atoms with Gasteiger partial charge in [0.25, 0.3) is 0 Å². The molecule has 0 saturated carbocycles. The van der Waals surface area contributed by atoms with Crippen molar-refractivity contribution in [3.05, 3.63) is 11.9 Å². The number of carbonyl (C=O) groups is 1. The summed E-state index contributed by atoms with van der Waals surface area (Å²) in [5.74, 6) is -0.923. The van der Waals surface area contributed by atoms with Gasteiger partial charge >= 0.3 is 12.5 Å². The van der Waals surface area contributed by atoms with E-state index in [-0.39, 0.29) is 6.15 Å². The van der Waals surface area contributed by atoms with Crippen LogP contribution in [0.1, 0.15) is 0 Å². The molecular weight excluding hydrogens is 172 g/mol. The van der Waals surface area contributed by atoms with E-state index in [0.29, 0.717) is 0 Å². The second kappa shape index (κ2) is 6.35. The van der Waals surface area contributed by atoms with Gasteiger partial charge in [-0.15, -0.1) is 0 Å². The third-order valence-corrected chi connectivity index (χ3v) is 0.837. The van der Waals surface area contributed by atoms with Crippen LogP contribution in [0.15, 0.2) is 11.9 Å². The van der Waals surface area contributed by atoms with Crippen LogP contribution in [-0.2, 0) is 9.53 Å². The maximum atomic E-state index is 11.6. The highest BCUT2D eigenvalue weighted by atomic mass is 19.3. The highest BCUT2D eigenvalue weighted by Crippen LogP contribution is 1.95. The number of carbonyl (C=O) groups excluding carboxylic acids is 1. The number of alkyl halides is 2. The monoisotopic (exact) mass is 183 g/mol. The lowest BCUT2D eigenvalue weighted by Gasteiger charge is -2.05. The molecule has 7 heteroatoms. The van der Waals surface area contributed by atoms with Gasteiger partial charge in [-0.3, -0.25) is 0 Å². The summed E-state index contributed by atoms with van der Waals surface area (Å²) in [4.78, 5) is 10.5. The van der Waals surface area contributed by atoms with Crippen LogP contribution < -0.4 is 17.2 Å². The molecule has 0 aromatic heterocycles. The standard InChI is InChI=1S/C5H8F2N2O2.H3N/c1-11-4(10)3(2-8)9-5(6)7;/h2,5,9H,8H2,1H3;1H3/b3-2-;. The number of hydrogen-bond acceptors (Lipinski definition) is 5. The van der Waals surface area contributed by atoms with Crippen LogP contribution >= 0.6 is 0 Å². The minimum Gasteiger partial charge on any atom is -0.464 e. The topological polar surface area (TPSA) is 99.3 Å². The SMILES string of the molecule is COC(=O)/C(=C/N)NC(F)F.N. The van der Waals surface area contributed by atoms with E-state index in [1.165, 1.54) is 5.32 Å². The van der Waals surface area contributed by atoms with Crippen LogP contribution in [0.5, 0.6) is 0 Å². The van der Waals surface area contributed by atoms with E-state index < -0.39 is 18.2 Å². The Labute approximate surface area is 68.1 Å². The first-order valence-corrected chi connectivity index (χ1v) is 2.66. The summed E-state index contributed by atoms with van der Waals surface area (Å²) in [6.45, 7) is -2.83. The van der Waals surface area contributed by atoms with Crippen LogP contribution in [0.3, 0.4) is 0 Å². The van der Waals surface area contributed by atoms with E-state index in [0.717, 1.165) is 13.3 Å². The molecule has 0 aliphatic heterocycles. The molecule has 0 aliphatic carbocycles. The molecule has 0 unspecified atom stereocenters. The zero-order valence-corrected chi connectivity index (χ0v) is 6.51. The second-order valence-electron chi connectivity index (χ2n) is 1.52. The largest absolute Gasteiger partial charge is 0.464 e. The van der Waals surface area contributed by atoms with E-state index in [4.69, 9.17) is 5.73 Å². The Hall–Kier alpha value is -1.37. The van der Waals surface area contributed by atoms with E-state index in [2.05, 4.69) is 4.74 Å². The van der Waals surface area contributed by atoms with Crippen LogP contribution in [0.2, 0.25) is 0 Å². The lowest BCUT2D eigenvalue weighted by Crippen LogP contribution is -2.26. The van der Waals surface area contributed by atoms with Crippen LogP contribution in [0.25, 0.3) is 0 Å². The van der Waals surface area contributed by atoms with Gasteiger partial charge in [0.1, 0.15) is 5.70 Å². The molecule has 0 amide bonds. The fourth-order valence-corrected chi connectivity index (χ4v) is 0.403. The van der Waals surface area contributed by atoms with Crippen molar-refractivity contribution in [2.24, 2.45) is 5.73 Å². The van der Waals surface area contributed by atoms with Gasteiger partial charge in [0, 0.05) is 6.20 Å². The first kappa shape index (κ1) is 13.2. The average Bonchev–Trinajstić information content (AvgIpc) is 1.98. The fourth-order valence-electron chi connectivity index (χ4n) is 0.403. The van der Waals surface area contributed by atoms with Crippen LogP contribution in [-0.4, -0.2) is 19.6 Å². The maximum absolute atomic E-state index is 11.6. The maximum Gasteiger partial charge on any atom is 0.355 e. The molecule has 6 N–H and O–H groups in total. The van der Waals surface area contributed by atoms with Crippen molar-refractivity contribution in [2.75, 3.05) is 7.11 Å². The number of ether oxygens (including phenoxy) is 1. The molecule has 72 valence electrons. The summed E-state index contributed by atoms with van der Waals surface area (Å²) in [6.07, 6.45) is 0.720. The number of halogens is 2. The van der Waals surface area contributed by atoms with Gasteiger partial charge in [-0.2, -0.15) is 8.78 Å². The van der Waals surface area contributed by atoms with E-state index in [1.807, 2.05) is 0 Å². The molecule has 0 aromatic rings. The van der Waals surface area contributed by atoms with Gasteiger partial charge in [0.15, 0.2) is 0 Å². The Kier molecular flexibility index (Phi) is 7.00. The molecule has 0 bridgehead atoms. The average molecular weight is 183 g/mol. The summed E-state index contributed by atoms with van der Waals surface area (Å²) in [5, 5.41) is 1.51. The molecule has 0 rings (SSSR count). The Morgan fingerprint density at radius 2 is 2.17 bits per heavy atom. The minimum atomic E-state index is -2.83. The molecule has 12 heavy (non-hydrogen) atoms. The second-order valence-corrected chi connectivity index (χ2v) is 1.52. The molecule has 0 fully saturated rings. The highest BCUT2D eigenvalue weighted by molar-refractivity contribution is 5.87. The Balaban J connectivity index is 0. The number of methoxy groups -OCH3 is 1. The predicted octanol–water partition coefficient (Wildman–Crippen LogP) is -0.0663. The Morgan fingerprint density at radius 1 is 1.67 bits per heavy atom. The molecule has 0 atom stereocenters. The van der Waals surface area contributed by atoms with Gasteiger partial charge in [0.2, 0.25) is 0 Å². The summed E-state index contributed by atoms with van der Waals surface area (Å²) in [5.41, 5.74) is 4.38. The number of rotatable bonds is 3. The quantitative estimate of drug-likeness (QED) is 0.323. The van der Waals surface area contributed by atoms with Gasteiger partial charge < -0.3 is 21.9 Å². The van der Waals surface area contributed by atoms with Gasteiger partial charge in [-0.05, 0) is 0 Å². The molecule has 0 radical (unpaired) electrons. The molecule has 0 aliphatic rings. The Bertz CT molecular complexity index is 172. The third-order valence-electron chi connectivity index (χ3n) is 0.837. The van der Waals surface area contributed by atoms with Crippen molar-refractivity contribution >= 4 is 5.97 Å². The molecule has 5 nitrogen and oxygen atoms in total. The van der Waals surface area contributed by atoms with Gasteiger partial charge in [-0.25, -0.2) is 4.79 Å². The van der Waals surface area contributed by atoms with E-state index in [9.17, 15) is 13.6 Å². The summed E-state index contributed by atoms with van der Waals surface area (Å²) >= 11 is 0. The normalized spacial score (nSPS) is 10.5. The molecule has 0 saturated heterocycles. The van der Waals surface area contributed by atoms with Gasteiger partial charge in [0.05, 0.1) is 7.11 Å². The minimum absolute atomic E-state index is 0. The zero-order valence-electron chi connectivity index (χ0n) is 6.51. The first-order chi connectivity index (χ1) is 5.11. The van der Waals surface area contributed by atoms with E-state index in [1.54, 1.807) is 0 Å². The van der Waals surface area contributed by atoms with Gasteiger partial charge in [-0.1, -0.05) is 0 Å². The van der Waals surface area contributed by atoms with E-state index >= 15 is 0 Å². The number of nitrogens with two attached hydrogens (primary N) is 1. The van der Waals surface area contributed by atoms with Crippen molar-refractivity contribution in [3.8, 4) is 0 Å². The number of nitrogens with one attached hydrogen (secondary N) is 1. The summed E-state index contributed by atoms with van der Waals surface area (Å²) in [6, 6.07) is 0.